The van der Waals surface area contributed by atoms with Crippen LogP contribution in [-0.2, 0) is 0 Å². The molecular formula is C22H26F4N8O. The lowest BCUT2D eigenvalue weighted by atomic mass is 10.0. The number of nitrogens with zero attached hydrogens (tertiary/aromatic N) is 5. The second-order valence-electron chi connectivity index (χ2n) is 8.52. The number of likely N-dealkylation sites (tertiary alicyclic amines) is 1. The Labute approximate surface area is 199 Å². The van der Waals surface area contributed by atoms with E-state index in [-0.39, 0.29) is 40.8 Å². The number of fused-ring (bicyclic) bond motifs is 1. The molecule has 2 aromatic heterocycles. The van der Waals surface area contributed by atoms with Crippen molar-refractivity contribution in [1.29, 1.82) is 5.53 Å². The molecule has 1 fully saturated rings. The second-order valence-corrected chi connectivity index (χ2v) is 8.52. The zero-order chi connectivity index (χ0) is 25.3. The summed E-state index contributed by atoms with van der Waals surface area (Å²) in [6, 6.07) is 2.66. The number of ether oxygens (including phenoxy) is 1. The van der Waals surface area contributed by atoms with E-state index in [1.807, 2.05) is 11.9 Å². The van der Waals surface area contributed by atoms with Gasteiger partial charge in [-0.25, -0.2) is 27.6 Å². The summed E-state index contributed by atoms with van der Waals surface area (Å²) in [6.07, 6.45) is -2.10. The Morgan fingerprint density at radius 3 is 2.74 bits per heavy atom. The molecule has 188 valence electrons. The van der Waals surface area contributed by atoms with Gasteiger partial charge in [-0.15, -0.1) is 5.10 Å². The van der Waals surface area contributed by atoms with Gasteiger partial charge in [0, 0.05) is 13.1 Å². The Morgan fingerprint density at radius 1 is 1.31 bits per heavy atom. The van der Waals surface area contributed by atoms with Crippen LogP contribution in [0.15, 0.2) is 29.5 Å². The van der Waals surface area contributed by atoms with E-state index in [1.165, 1.54) is 36.7 Å². The van der Waals surface area contributed by atoms with Crippen molar-refractivity contribution in [3.63, 3.8) is 0 Å². The molecule has 1 aliphatic rings. The summed E-state index contributed by atoms with van der Waals surface area (Å²) in [5, 5.41) is 13.2. The molecule has 3 aromatic rings. The average molecular weight is 494 g/mol. The van der Waals surface area contributed by atoms with Gasteiger partial charge in [-0.2, -0.15) is 10.1 Å². The highest BCUT2D eigenvalue weighted by Crippen LogP contribution is 2.38. The topological polar surface area (TPSA) is 103 Å². The lowest BCUT2D eigenvalue weighted by Gasteiger charge is -2.32. The Hall–Kier alpha value is -3.48. The van der Waals surface area contributed by atoms with Crippen LogP contribution in [0.3, 0.4) is 0 Å². The van der Waals surface area contributed by atoms with Gasteiger partial charge < -0.3 is 20.3 Å². The van der Waals surface area contributed by atoms with Crippen molar-refractivity contribution in [2.24, 2.45) is 5.11 Å². The van der Waals surface area contributed by atoms with E-state index in [0.29, 0.717) is 18.5 Å². The van der Waals surface area contributed by atoms with Gasteiger partial charge in [0.25, 0.3) is 6.43 Å². The Kier molecular flexibility index (Phi) is 7.05. The minimum absolute atomic E-state index is 0.0504. The first-order chi connectivity index (χ1) is 16.7. The molecule has 0 amide bonds. The summed E-state index contributed by atoms with van der Waals surface area (Å²) >= 11 is 0. The number of nitrogens with one attached hydrogen (secondary N) is 3. The highest BCUT2D eigenvalue weighted by atomic mass is 19.3. The highest BCUT2D eigenvalue weighted by molar-refractivity contribution is 5.88. The first kappa shape index (κ1) is 24.6. The third-order valence-corrected chi connectivity index (χ3v) is 5.97. The minimum Gasteiger partial charge on any atom is -0.479 e. The number of hydrogen-bond donors (Lipinski definition) is 3. The Bertz CT molecular complexity index is 1220. The van der Waals surface area contributed by atoms with Gasteiger partial charge in [-0.1, -0.05) is 6.07 Å². The van der Waals surface area contributed by atoms with Crippen LogP contribution >= 0.6 is 0 Å². The molecule has 9 nitrogen and oxygen atoms in total. The fourth-order valence-corrected chi connectivity index (χ4v) is 4.10. The minimum atomic E-state index is -2.66. The van der Waals surface area contributed by atoms with E-state index in [0.717, 1.165) is 6.20 Å². The number of alkyl halides is 3. The third-order valence-electron chi connectivity index (χ3n) is 5.97. The molecule has 0 aliphatic carbocycles. The van der Waals surface area contributed by atoms with E-state index in [4.69, 9.17) is 10.3 Å². The van der Waals surface area contributed by atoms with Gasteiger partial charge in [0.2, 0.25) is 11.8 Å². The number of rotatable bonds is 8. The maximum absolute atomic E-state index is 15.2. The quantitative estimate of drug-likeness (QED) is 0.309. The van der Waals surface area contributed by atoms with Crippen molar-refractivity contribution in [3.8, 4) is 17.0 Å². The van der Waals surface area contributed by atoms with Crippen LogP contribution in [0.1, 0.15) is 13.3 Å². The van der Waals surface area contributed by atoms with Crippen molar-refractivity contribution in [2.75, 3.05) is 37.9 Å². The Morgan fingerprint density at radius 2 is 2.09 bits per heavy atom. The van der Waals surface area contributed by atoms with Gasteiger partial charge >= 0.3 is 0 Å². The maximum Gasteiger partial charge on any atom is 0.258 e. The number of anilines is 2. The van der Waals surface area contributed by atoms with Crippen molar-refractivity contribution in [2.45, 2.75) is 38.0 Å². The lowest BCUT2D eigenvalue weighted by molar-refractivity contribution is 0.131. The summed E-state index contributed by atoms with van der Waals surface area (Å²) in [7, 11) is 3.21. The van der Waals surface area contributed by atoms with Crippen molar-refractivity contribution in [3.05, 3.63) is 30.2 Å². The fraction of sp³-hybridized carbons (Fsp3) is 0.455. The SMILES string of the molecule is COc1nc(N[C@H]2CCN(C)C[C@H]2F)nn2cc(F)c(-c3ccc(N=N)c(N[C@H](C)C(F)F)c3)c12. The van der Waals surface area contributed by atoms with E-state index >= 15 is 4.39 Å². The summed E-state index contributed by atoms with van der Waals surface area (Å²) in [5.74, 6) is -0.514. The molecule has 35 heavy (non-hydrogen) atoms. The van der Waals surface area contributed by atoms with Gasteiger partial charge in [-0.3, -0.25) is 0 Å². The van der Waals surface area contributed by atoms with E-state index in [2.05, 4.69) is 25.8 Å². The maximum atomic E-state index is 15.2. The third kappa shape index (κ3) is 4.99. The van der Waals surface area contributed by atoms with E-state index in [9.17, 15) is 13.2 Å². The molecule has 1 aromatic carbocycles. The number of benzene rings is 1. The van der Waals surface area contributed by atoms with Crippen molar-refractivity contribution >= 4 is 22.8 Å². The Balaban J connectivity index is 1.74. The highest BCUT2D eigenvalue weighted by Gasteiger charge is 2.29. The molecule has 0 radical (unpaired) electrons. The summed E-state index contributed by atoms with van der Waals surface area (Å²) in [6.45, 7) is 2.28. The first-order valence-electron chi connectivity index (χ1n) is 11.0. The standard InChI is InChI=1S/C22H26F4N8O/c1-11(20(25)26)28-17-8-12(4-5-16(17)31-27)18-14(24)10-34-19(18)21(35-3)30-22(32-34)29-15-6-7-33(2)9-13(15)23/h4-5,8,10-11,13,15,20,27-28H,6-7,9H2,1-3H3,(H,29,32)/t11-,13-,15+/m1/s1. The smallest absolute Gasteiger partial charge is 0.258 e. The monoisotopic (exact) mass is 494 g/mol. The van der Waals surface area contributed by atoms with Crippen LogP contribution in [0, 0.1) is 11.3 Å². The van der Waals surface area contributed by atoms with Crippen LogP contribution < -0.4 is 15.4 Å². The molecule has 0 unspecified atom stereocenters. The predicted octanol–water partition coefficient (Wildman–Crippen LogP) is 4.73. The average Bonchev–Trinajstić information content (AvgIpc) is 3.15. The number of aromatic nitrogens is 3. The molecule has 3 N–H and O–H groups in total. The fourth-order valence-electron chi connectivity index (χ4n) is 4.10. The molecule has 0 bridgehead atoms. The van der Waals surface area contributed by atoms with Gasteiger partial charge in [0.05, 0.1) is 36.6 Å². The van der Waals surface area contributed by atoms with E-state index in [1.54, 1.807) is 0 Å². The van der Waals surface area contributed by atoms with Gasteiger partial charge in [0.15, 0.2) is 5.82 Å². The van der Waals surface area contributed by atoms with Crippen LogP contribution in [0.2, 0.25) is 0 Å². The largest absolute Gasteiger partial charge is 0.479 e. The molecule has 3 atom stereocenters. The number of halogens is 4. The molecule has 3 heterocycles. The van der Waals surface area contributed by atoms with Crippen LogP contribution in [0.5, 0.6) is 5.88 Å². The molecule has 4 rings (SSSR count). The zero-order valence-corrected chi connectivity index (χ0v) is 19.4. The number of methoxy groups -OCH3 is 1. The summed E-state index contributed by atoms with van der Waals surface area (Å²) < 4.78 is 62.5. The lowest BCUT2D eigenvalue weighted by Crippen LogP contribution is -2.46. The molecule has 0 saturated carbocycles. The molecular weight excluding hydrogens is 468 g/mol. The van der Waals surface area contributed by atoms with Gasteiger partial charge in [0.1, 0.15) is 17.4 Å². The van der Waals surface area contributed by atoms with Crippen LogP contribution in [0.4, 0.5) is 34.9 Å². The normalized spacial score (nSPS) is 19.7. The molecule has 1 saturated heterocycles. The molecule has 0 spiro atoms. The van der Waals surface area contributed by atoms with Crippen molar-refractivity contribution in [1.82, 2.24) is 19.5 Å². The van der Waals surface area contributed by atoms with Crippen LogP contribution in [0.25, 0.3) is 16.6 Å². The zero-order valence-electron chi connectivity index (χ0n) is 19.4. The van der Waals surface area contributed by atoms with Crippen molar-refractivity contribution < 1.29 is 22.3 Å². The number of piperidine rings is 1. The number of hydrogen-bond acceptors (Lipinski definition) is 8. The molecule has 1 aliphatic heterocycles. The summed E-state index contributed by atoms with van der Waals surface area (Å²) in [5.41, 5.74) is 8.20. The second kappa shape index (κ2) is 10.0. The first-order valence-corrected chi connectivity index (χ1v) is 11.0. The summed E-state index contributed by atoms with van der Waals surface area (Å²) in [4.78, 5) is 6.21. The van der Waals surface area contributed by atoms with Gasteiger partial charge in [-0.05, 0) is 38.1 Å². The molecule has 13 heteroatoms. The predicted molar refractivity (Wildman–Crippen MR) is 123 cm³/mol. The van der Waals surface area contributed by atoms with E-state index < -0.39 is 30.5 Å². The van der Waals surface area contributed by atoms with Crippen LogP contribution in [-0.4, -0.2) is 71.4 Å².